The second-order valence-electron chi connectivity index (χ2n) is 4.64. The Hall–Kier alpha value is -1.87. The number of aliphatic hydroxyl groups excluding tert-OH is 1. The van der Waals surface area contributed by atoms with Gasteiger partial charge in [0, 0.05) is 0 Å². The van der Waals surface area contributed by atoms with Crippen molar-refractivity contribution in [1.29, 1.82) is 0 Å². The number of hydrogen-bond acceptors (Lipinski definition) is 2. The zero-order valence-electron chi connectivity index (χ0n) is 11.3. The molecule has 0 aromatic heterocycles. The summed E-state index contributed by atoms with van der Waals surface area (Å²) in [5.74, 6) is 0.437. The minimum absolute atomic E-state index is 0.348. The van der Waals surface area contributed by atoms with Crippen molar-refractivity contribution in [2.24, 2.45) is 0 Å². The van der Waals surface area contributed by atoms with Crippen LogP contribution in [0.2, 0.25) is 0 Å². The zero-order valence-corrected chi connectivity index (χ0v) is 11.3. The van der Waals surface area contributed by atoms with Crippen LogP contribution in [0.15, 0.2) is 36.4 Å². The van der Waals surface area contributed by atoms with Crippen molar-refractivity contribution in [3.8, 4) is 5.75 Å². The van der Waals surface area contributed by atoms with Gasteiger partial charge in [-0.15, -0.1) is 0 Å². The summed E-state index contributed by atoms with van der Waals surface area (Å²) in [6, 6.07) is 9.79. The van der Waals surface area contributed by atoms with Crippen molar-refractivity contribution < 1.29 is 14.2 Å². The van der Waals surface area contributed by atoms with Gasteiger partial charge in [-0.3, -0.25) is 0 Å². The molecule has 1 atom stereocenters. The van der Waals surface area contributed by atoms with Gasteiger partial charge in [0.25, 0.3) is 0 Å². The first kappa shape index (κ1) is 13.6. The van der Waals surface area contributed by atoms with Gasteiger partial charge in [-0.2, -0.15) is 0 Å². The molecule has 3 heteroatoms. The fourth-order valence-electron chi connectivity index (χ4n) is 2.18. The van der Waals surface area contributed by atoms with Crippen molar-refractivity contribution >= 4 is 0 Å². The summed E-state index contributed by atoms with van der Waals surface area (Å²) in [5, 5.41) is 10.4. The van der Waals surface area contributed by atoms with Gasteiger partial charge in [0.2, 0.25) is 0 Å². The molecule has 1 unspecified atom stereocenters. The van der Waals surface area contributed by atoms with Crippen LogP contribution in [0.4, 0.5) is 4.39 Å². The van der Waals surface area contributed by atoms with Crippen LogP contribution in [0, 0.1) is 19.7 Å². The molecule has 19 heavy (non-hydrogen) atoms. The Morgan fingerprint density at radius 1 is 1.11 bits per heavy atom. The summed E-state index contributed by atoms with van der Waals surface area (Å²) in [4.78, 5) is 0. The maximum atomic E-state index is 13.2. The Bertz CT molecular complexity index is 593. The smallest absolute Gasteiger partial charge is 0.123 e. The van der Waals surface area contributed by atoms with E-state index >= 15 is 0 Å². The highest BCUT2D eigenvalue weighted by molar-refractivity contribution is 5.44. The van der Waals surface area contributed by atoms with Gasteiger partial charge >= 0.3 is 0 Å². The lowest BCUT2D eigenvalue weighted by molar-refractivity contribution is 0.219. The monoisotopic (exact) mass is 260 g/mol. The predicted octanol–water partition coefficient (Wildman–Crippen LogP) is 3.53. The number of methoxy groups -OCH3 is 1. The SMILES string of the molecule is COc1cc(C)c(C(O)c2cccc(F)c2)cc1C. The molecule has 0 saturated carbocycles. The molecule has 2 aromatic rings. The predicted molar refractivity (Wildman–Crippen MR) is 72.9 cm³/mol. The van der Waals surface area contributed by atoms with Crippen LogP contribution in [0.3, 0.4) is 0 Å². The van der Waals surface area contributed by atoms with E-state index in [0.29, 0.717) is 5.56 Å². The minimum atomic E-state index is -0.833. The standard InChI is InChI=1S/C16H17FO2/c1-10-8-15(19-3)11(2)7-14(10)16(18)12-5-4-6-13(17)9-12/h4-9,16,18H,1-3H3. The Balaban J connectivity index is 2.44. The number of halogens is 1. The first-order valence-corrected chi connectivity index (χ1v) is 6.11. The molecular formula is C16H17FO2. The van der Waals surface area contributed by atoms with Crippen molar-refractivity contribution in [2.45, 2.75) is 20.0 Å². The third-order valence-electron chi connectivity index (χ3n) is 3.24. The van der Waals surface area contributed by atoms with Crippen LogP contribution in [0.5, 0.6) is 5.75 Å². The largest absolute Gasteiger partial charge is 0.496 e. The maximum Gasteiger partial charge on any atom is 0.123 e. The van der Waals surface area contributed by atoms with Crippen LogP contribution in [-0.4, -0.2) is 12.2 Å². The molecule has 0 bridgehead atoms. The van der Waals surface area contributed by atoms with Gasteiger partial charge in [0.05, 0.1) is 7.11 Å². The number of aliphatic hydroxyl groups is 1. The van der Waals surface area contributed by atoms with Gasteiger partial charge in [0.1, 0.15) is 17.7 Å². The van der Waals surface area contributed by atoms with E-state index in [1.54, 1.807) is 19.2 Å². The molecule has 100 valence electrons. The molecule has 2 rings (SSSR count). The van der Waals surface area contributed by atoms with Crippen molar-refractivity contribution in [3.63, 3.8) is 0 Å². The molecule has 0 heterocycles. The Kier molecular flexibility index (Phi) is 3.86. The molecule has 0 spiro atoms. The first-order chi connectivity index (χ1) is 9.02. The molecular weight excluding hydrogens is 243 g/mol. The van der Waals surface area contributed by atoms with Crippen LogP contribution in [0.25, 0.3) is 0 Å². The van der Waals surface area contributed by atoms with E-state index < -0.39 is 6.10 Å². The summed E-state index contributed by atoms with van der Waals surface area (Å²) in [6.07, 6.45) is -0.833. The Labute approximate surface area is 112 Å². The Morgan fingerprint density at radius 2 is 1.84 bits per heavy atom. The lowest BCUT2D eigenvalue weighted by Gasteiger charge is -2.17. The van der Waals surface area contributed by atoms with Crippen molar-refractivity contribution in [1.82, 2.24) is 0 Å². The molecule has 0 fully saturated rings. The van der Waals surface area contributed by atoms with Crippen LogP contribution >= 0.6 is 0 Å². The van der Waals surface area contributed by atoms with E-state index in [2.05, 4.69) is 0 Å². The molecule has 0 aliphatic rings. The van der Waals surface area contributed by atoms with E-state index in [9.17, 15) is 9.50 Å². The quantitative estimate of drug-likeness (QED) is 0.914. The van der Waals surface area contributed by atoms with Gasteiger partial charge < -0.3 is 9.84 Å². The molecule has 0 radical (unpaired) electrons. The number of ether oxygens (including phenoxy) is 1. The zero-order chi connectivity index (χ0) is 14.0. The summed E-state index contributed by atoms with van der Waals surface area (Å²) < 4.78 is 18.5. The number of aryl methyl sites for hydroxylation is 2. The third kappa shape index (κ3) is 2.76. The van der Waals surface area contributed by atoms with Crippen molar-refractivity contribution in [2.75, 3.05) is 7.11 Å². The molecule has 0 aliphatic carbocycles. The van der Waals surface area contributed by atoms with Gasteiger partial charge in [-0.1, -0.05) is 12.1 Å². The van der Waals surface area contributed by atoms with Gasteiger partial charge in [-0.25, -0.2) is 4.39 Å². The summed E-state index contributed by atoms with van der Waals surface area (Å²) in [7, 11) is 1.62. The average Bonchev–Trinajstić information content (AvgIpc) is 2.40. The molecule has 1 N–H and O–H groups in total. The van der Waals surface area contributed by atoms with Crippen LogP contribution in [0.1, 0.15) is 28.4 Å². The molecule has 0 saturated heterocycles. The summed E-state index contributed by atoms with van der Waals surface area (Å²) in [5.41, 5.74) is 3.18. The van der Waals surface area contributed by atoms with Gasteiger partial charge in [-0.05, 0) is 60.4 Å². The fourth-order valence-corrected chi connectivity index (χ4v) is 2.18. The molecule has 2 nitrogen and oxygen atoms in total. The fraction of sp³-hybridized carbons (Fsp3) is 0.250. The number of benzene rings is 2. The molecule has 2 aromatic carbocycles. The maximum absolute atomic E-state index is 13.2. The minimum Gasteiger partial charge on any atom is -0.496 e. The second-order valence-corrected chi connectivity index (χ2v) is 4.64. The van der Waals surface area contributed by atoms with E-state index in [1.165, 1.54) is 12.1 Å². The second kappa shape index (κ2) is 5.41. The highest BCUT2D eigenvalue weighted by Gasteiger charge is 2.15. The van der Waals surface area contributed by atoms with Gasteiger partial charge in [0.15, 0.2) is 0 Å². The average molecular weight is 260 g/mol. The highest BCUT2D eigenvalue weighted by atomic mass is 19.1. The van der Waals surface area contributed by atoms with Crippen molar-refractivity contribution in [3.05, 3.63) is 64.5 Å². The Morgan fingerprint density at radius 3 is 2.47 bits per heavy atom. The van der Waals surface area contributed by atoms with E-state index in [4.69, 9.17) is 4.74 Å². The molecule has 0 amide bonds. The first-order valence-electron chi connectivity index (χ1n) is 6.11. The topological polar surface area (TPSA) is 29.5 Å². The number of hydrogen-bond donors (Lipinski definition) is 1. The van der Waals surface area contributed by atoms with E-state index in [1.807, 2.05) is 26.0 Å². The third-order valence-corrected chi connectivity index (χ3v) is 3.24. The van der Waals surface area contributed by atoms with Crippen LogP contribution in [-0.2, 0) is 0 Å². The lowest BCUT2D eigenvalue weighted by Crippen LogP contribution is -2.04. The van der Waals surface area contributed by atoms with Crippen LogP contribution < -0.4 is 4.74 Å². The molecule has 0 aliphatic heterocycles. The summed E-state index contributed by atoms with van der Waals surface area (Å²) in [6.45, 7) is 3.82. The van der Waals surface area contributed by atoms with E-state index in [-0.39, 0.29) is 5.82 Å². The summed E-state index contributed by atoms with van der Waals surface area (Å²) >= 11 is 0. The number of rotatable bonds is 3. The lowest BCUT2D eigenvalue weighted by atomic mass is 9.95. The normalized spacial score (nSPS) is 12.3. The van der Waals surface area contributed by atoms with E-state index in [0.717, 1.165) is 22.4 Å². The highest BCUT2D eigenvalue weighted by Crippen LogP contribution is 2.30.